The molecule has 2 atom stereocenters. The van der Waals surface area contributed by atoms with Crippen LogP contribution < -0.4 is 0 Å². The van der Waals surface area contributed by atoms with E-state index >= 15 is 0 Å². The first-order valence-electron chi connectivity index (χ1n) is 4.98. The van der Waals surface area contributed by atoms with Crippen molar-refractivity contribution in [2.24, 2.45) is 11.8 Å². The van der Waals surface area contributed by atoms with Gasteiger partial charge in [0, 0.05) is 7.85 Å². The number of alkyl halides is 2. The van der Waals surface area contributed by atoms with Crippen LogP contribution in [0.3, 0.4) is 0 Å². The van der Waals surface area contributed by atoms with Gasteiger partial charge >= 0.3 is 0 Å². The molecule has 0 nitrogen and oxygen atoms in total. The second-order valence-electron chi connectivity index (χ2n) is 4.45. The van der Waals surface area contributed by atoms with Crippen molar-refractivity contribution in [1.29, 1.82) is 0 Å². The third-order valence-electron chi connectivity index (χ3n) is 3.62. The summed E-state index contributed by atoms with van der Waals surface area (Å²) in [5, 5.41) is 0. The van der Waals surface area contributed by atoms with Crippen LogP contribution in [0.15, 0.2) is 0 Å². The van der Waals surface area contributed by atoms with Gasteiger partial charge in [0.1, 0.15) is 0 Å². The summed E-state index contributed by atoms with van der Waals surface area (Å²) in [4.78, 5) is 0. The molecule has 2 unspecified atom stereocenters. The first-order chi connectivity index (χ1) is 5.73. The minimum absolute atomic E-state index is 0.703. The molecule has 70 valence electrons. The number of hydrogen-bond donors (Lipinski definition) is 0. The predicted octanol–water partition coefficient (Wildman–Crippen LogP) is 4.20. The Hall–Kier alpha value is 1.46. The van der Waals surface area contributed by atoms with Crippen molar-refractivity contribution in [3.05, 3.63) is 0 Å². The van der Waals surface area contributed by atoms with Crippen LogP contribution in [0, 0.1) is 11.8 Å². The van der Waals surface area contributed by atoms with E-state index in [1.807, 2.05) is 0 Å². The summed E-state index contributed by atoms with van der Waals surface area (Å²) in [6.07, 6.45) is 9.10. The fourth-order valence-electron chi connectivity index (χ4n) is 3.05. The Morgan fingerprint density at radius 2 is 1.75 bits per heavy atom. The molecule has 0 aromatic rings. The molecule has 0 N–H and O–H groups in total. The summed E-state index contributed by atoms with van der Waals surface area (Å²) in [5.41, 5.74) is 0. The van der Waals surface area contributed by atoms with Crippen molar-refractivity contribution in [2.45, 2.75) is 41.9 Å². The quantitative estimate of drug-likeness (QED) is 0.490. The molecule has 2 saturated carbocycles. The van der Waals surface area contributed by atoms with E-state index in [0.29, 0.717) is 3.42 Å². The van der Waals surface area contributed by atoms with Crippen molar-refractivity contribution in [3.63, 3.8) is 0 Å². The Bertz CT molecular complexity index is 155. The van der Waals surface area contributed by atoms with E-state index in [1.54, 1.807) is 0 Å². The summed E-state index contributed by atoms with van der Waals surface area (Å²) >= 11 is 5.27. The van der Waals surface area contributed by atoms with E-state index in [9.17, 15) is 0 Å². The standard InChI is InChI=1S/C10H16I2/c11-5-4-10(12)6-8-2-1-3-9(8)7-10/h8-9H,1-7H2. The number of hydrogen-bond acceptors (Lipinski definition) is 0. The molecule has 0 heterocycles. The average molecular weight is 390 g/mol. The monoisotopic (exact) mass is 390 g/mol. The van der Waals surface area contributed by atoms with Crippen molar-refractivity contribution < 1.29 is 0 Å². The molecule has 0 aromatic carbocycles. The highest BCUT2D eigenvalue weighted by Crippen LogP contribution is 2.54. The van der Waals surface area contributed by atoms with Gasteiger partial charge in [-0.2, -0.15) is 0 Å². The highest BCUT2D eigenvalue weighted by Gasteiger charge is 2.44. The number of fused-ring (bicyclic) bond motifs is 1. The SMILES string of the molecule is ICCC1(I)CC2CCCC2C1. The zero-order valence-electron chi connectivity index (χ0n) is 7.36. The second kappa shape index (κ2) is 3.91. The highest BCUT2D eigenvalue weighted by atomic mass is 127. The predicted molar refractivity (Wildman–Crippen MR) is 70.3 cm³/mol. The molecular weight excluding hydrogens is 374 g/mol. The van der Waals surface area contributed by atoms with Gasteiger partial charge in [-0.25, -0.2) is 0 Å². The third-order valence-corrected chi connectivity index (χ3v) is 5.57. The summed E-state index contributed by atoms with van der Waals surface area (Å²) in [6.45, 7) is 0. The Morgan fingerprint density at radius 1 is 1.17 bits per heavy atom. The Balaban J connectivity index is 1.97. The normalized spacial score (nSPS) is 46.5. The first kappa shape index (κ1) is 9.99. The van der Waals surface area contributed by atoms with Gasteiger partial charge in [0.2, 0.25) is 0 Å². The van der Waals surface area contributed by atoms with E-state index in [2.05, 4.69) is 45.2 Å². The van der Waals surface area contributed by atoms with Crippen LogP contribution in [-0.2, 0) is 0 Å². The molecule has 2 aliphatic rings. The minimum Gasteiger partial charge on any atom is -0.0863 e. The average Bonchev–Trinajstić information content (AvgIpc) is 2.45. The van der Waals surface area contributed by atoms with Crippen LogP contribution in [0.25, 0.3) is 0 Å². The summed E-state index contributed by atoms with van der Waals surface area (Å²) < 4.78 is 2.05. The van der Waals surface area contributed by atoms with E-state index in [0.717, 1.165) is 11.8 Å². The summed E-state index contributed by atoms with van der Waals surface area (Å²) in [7, 11) is 0. The molecule has 0 saturated heterocycles. The number of halogens is 2. The Labute approximate surface area is 103 Å². The lowest BCUT2D eigenvalue weighted by Gasteiger charge is -2.21. The molecule has 2 rings (SSSR count). The molecule has 0 aliphatic heterocycles. The van der Waals surface area contributed by atoms with Crippen molar-refractivity contribution >= 4 is 45.2 Å². The zero-order chi connectivity index (χ0) is 8.60. The molecule has 2 aliphatic carbocycles. The molecule has 0 radical (unpaired) electrons. The lowest BCUT2D eigenvalue weighted by molar-refractivity contribution is 0.457. The number of rotatable bonds is 2. The second-order valence-corrected chi connectivity index (χ2v) is 7.82. The maximum absolute atomic E-state index is 2.75. The van der Waals surface area contributed by atoms with E-state index in [1.165, 1.54) is 43.0 Å². The molecule has 12 heavy (non-hydrogen) atoms. The minimum atomic E-state index is 0.703. The molecule has 0 amide bonds. The Kier molecular flexibility index (Phi) is 3.26. The third kappa shape index (κ3) is 1.93. The van der Waals surface area contributed by atoms with Crippen molar-refractivity contribution in [1.82, 2.24) is 0 Å². The van der Waals surface area contributed by atoms with Gasteiger partial charge in [0.05, 0.1) is 0 Å². The molecular formula is C10H16I2. The molecule has 2 fully saturated rings. The van der Waals surface area contributed by atoms with E-state index in [4.69, 9.17) is 0 Å². The van der Waals surface area contributed by atoms with Gasteiger partial charge in [-0.1, -0.05) is 64.4 Å². The van der Waals surface area contributed by atoms with Crippen LogP contribution >= 0.6 is 45.2 Å². The molecule has 0 aromatic heterocycles. The first-order valence-corrected chi connectivity index (χ1v) is 7.59. The van der Waals surface area contributed by atoms with Crippen LogP contribution in [-0.4, -0.2) is 7.85 Å². The van der Waals surface area contributed by atoms with Gasteiger partial charge in [-0.15, -0.1) is 0 Å². The van der Waals surface area contributed by atoms with Gasteiger partial charge < -0.3 is 0 Å². The van der Waals surface area contributed by atoms with Crippen LogP contribution in [0.2, 0.25) is 0 Å². The van der Waals surface area contributed by atoms with Crippen molar-refractivity contribution in [2.75, 3.05) is 4.43 Å². The smallest absolute Gasteiger partial charge is 0.0235 e. The largest absolute Gasteiger partial charge is 0.0863 e. The zero-order valence-corrected chi connectivity index (χ0v) is 11.7. The maximum atomic E-state index is 2.75. The van der Waals surface area contributed by atoms with Gasteiger partial charge in [-0.05, 0) is 31.1 Å². The maximum Gasteiger partial charge on any atom is 0.0235 e. The topological polar surface area (TPSA) is 0 Å². The summed E-state index contributed by atoms with van der Waals surface area (Å²) in [6, 6.07) is 0. The van der Waals surface area contributed by atoms with Crippen molar-refractivity contribution in [3.8, 4) is 0 Å². The lowest BCUT2D eigenvalue weighted by atomic mass is 10.0. The lowest BCUT2D eigenvalue weighted by Crippen LogP contribution is -2.17. The molecule has 2 heteroatoms. The van der Waals surface area contributed by atoms with Gasteiger partial charge in [0.15, 0.2) is 0 Å². The van der Waals surface area contributed by atoms with Crippen LogP contribution in [0.5, 0.6) is 0 Å². The molecule has 0 spiro atoms. The van der Waals surface area contributed by atoms with Gasteiger partial charge in [0.25, 0.3) is 0 Å². The fourth-order valence-corrected chi connectivity index (χ4v) is 6.51. The highest BCUT2D eigenvalue weighted by molar-refractivity contribution is 14.1. The van der Waals surface area contributed by atoms with Crippen LogP contribution in [0.1, 0.15) is 38.5 Å². The van der Waals surface area contributed by atoms with Gasteiger partial charge in [-0.3, -0.25) is 0 Å². The van der Waals surface area contributed by atoms with Crippen LogP contribution in [0.4, 0.5) is 0 Å². The molecule has 0 bridgehead atoms. The fraction of sp³-hybridized carbons (Fsp3) is 1.00. The van der Waals surface area contributed by atoms with E-state index in [-0.39, 0.29) is 0 Å². The summed E-state index contributed by atoms with van der Waals surface area (Å²) in [5.74, 6) is 2.23. The Morgan fingerprint density at radius 3 is 2.25 bits per heavy atom. The van der Waals surface area contributed by atoms with E-state index < -0.39 is 0 Å².